The number of nitrogens with zero attached hydrogens (tertiary/aromatic N) is 1. The van der Waals surface area contributed by atoms with Gasteiger partial charge in [-0.15, -0.1) is 0 Å². The van der Waals surface area contributed by atoms with Gasteiger partial charge in [0.05, 0.1) is 31.4 Å². The Balaban J connectivity index is 1.94. The largest absolute Gasteiger partial charge is 0.496 e. The molecule has 0 bridgehead atoms. The van der Waals surface area contributed by atoms with Crippen molar-refractivity contribution in [2.75, 3.05) is 26.9 Å². The topological polar surface area (TPSA) is 38.8 Å². The Labute approximate surface area is 136 Å². The summed E-state index contributed by atoms with van der Waals surface area (Å²) >= 11 is 6.08. The number of carbonyl (C=O) groups excluding carboxylic acids is 1. The summed E-state index contributed by atoms with van der Waals surface area (Å²) in [5.41, 5.74) is 0.392. The highest BCUT2D eigenvalue weighted by Gasteiger charge is 2.43. The zero-order chi connectivity index (χ0) is 15.6. The minimum Gasteiger partial charge on any atom is -0.496 e. The van der Waals surface area contributed by atoms with Gasteiger partial charge in [-0.3, -0.25) is 4.79 Å². The molecule has 1 saturated heterocycles. The monoisotopic (exact) mass is 323 g/mol. The van der Waals surface area contributed by atoms with E-state index in [4.69, 9.17) is 21.1 Å². The highest BCUT2D eigenvalue weighted by atomic mass is 35.5. The molecule has 1 aliphatic heterocycles. The van der Waals surface area contributed by atoms with Gasteiger partial charge in [-0.2, -0.15) is 0 Å². The first-order valence-electron chi connectivity index (χ1n) is 7.89. The fourth-order valence-corrected chi connectivity index (χ4v) is 3.84. The van der Waals surface area contributed by atoms with Crippen LogP contribution in [0.15, 0.2) is 18.2 Å². The molecule has 120 valence electrons. The molecule has 1 heterocycles. The third kappa shape index (κ3) is 2.82. The minimum absolute atomic E-state index is 0.00421. The van der Waals surface area contributed by atoms with Crippen LogP contribution in [0.3, 0.4) is 0 Å². The van der Waals surface area contributed by atoms with Crippen molar-refractivity contribution in [1.82, 2.24) is 4.90 Å². The van der Waals surface area contributed by atoms with Crippen molar-refractivity contribution in [3.63, 3.8) is 0 Å². The summed E-state index contributed by atoms with van der Waals surface area (Å²) in [4.78, 5) is 15.1. The van der Waals surface area contributed by atoms with Gasteiger partial charge in [0, 0.05) is 11.6 Å². The molecule has 1 spiro atoms. The summed E-state index contributed by atoms with van der Waals surface area (Å²) in [6.45, 7) is 1.87. The fourth-order valence-electron chi connectivity index (χ4n) is 3.67. The molecule has 1 aromatic rings. The summed E-state index contributed by atoms with van der Waals surface area (Å²) in [6.07, 6.45) is 5.58. The second-order valence-corrected chi connectivity index (χ2v) is 6.58. The summed E-state index contributed by atoms with van der Waals surface area (Å²) in [5, 5.41) is 0.551. The minimum atomic E-state index is -0.152. The maximum absolute atomic E-state index is 13.1. The zero-order valence-corrected chi connectivity index (χ0v) is 13.7. The number of amides is 1. The highest BCUT2D eigenvalue weighted by Crippen LogP contribution is 2.37. The SMILES string of the molecule is COc1ccc(Cl)cc1C(=O)N1CCOCC12CCCCC2. The average molecular weight is 324 g/mol. The molecule has 4 nitrogen and oxygen atoms in total. The Morgan fingerprint density at radius 2 is 2.09 bits per heavy atom. The predicted octanol–water partition coefficient (Wildman–Crippen LogP) is 3.52. The second-order valence-electron chi connectivity index (χ2n) is 6.14. The van der Waals surface area contributed by atoms with Gasteiger partial charge < -0.3 is 14.4 Å². The van der Waals surface area contributed by atoms with Crippen molar-refractivity contribution >= 4 is 17.5 Å². The average Bonchev–Trinajstić information content (AvgIpc) is 2.55. The third-order valence-corrected chi connectivity index (χ3v) is 5.06. The third-order valence-electron chi connectivity index (χ3n) is 4.82. The molecular formula is C17H22ClNO3. The number of carbonyl (C=O) groups is 1. The molecule has 2 aliphatic rings. The van der Waals surface area contributed by atoms with E-state index < -0.39 is 0 Å². The lowest BCUT2D eigenvalue weighted by molar-refractivity contribution is -0.0683. The van der Waals surface area contributed by atoms with E-state index in [0.29, 0.717) is 36.1 Å². The first-order valence-corrected chi connectivity index (χ1v) is 8.27. The number of halogens is 1. The van der Waals surface area contributed by atoms with Crippen molar-refractivity contribution in [3.8, 4) is 5.75 Å². The van der Waals surface area contributed by atoms with E-state index in [-0.39, 0.29) is 11.4 Å². The van der Waals surface area contributed by atoms with Crippen molar-refractivity contribution in [2.45, 2.75) is 37.6 Å². The van der Waals surface area contributed by atoms with Gasteiger partial charge in [-0.05, 0) is 31.0 Å². The molecular weight excluding hydrogens is 302 g/mol. The van der Waals surface area contributed by atoms with Crippen molar-refractivity contribution in [2.24, 2.45) is 0 Å². The van der Waals surface area contributed by atoms with Gasteiger partial charge in [0.15, 0.2) is 0 Å². The smallest absolute Gasteiger partial charge is 0.258 e. The van der Waals surface area contributed by atoms with Crippen molar-refractivity contribution < 1.29 is 14.3 Å². The summed E-state index contributed by atoms with van der Waals surface area (Å²) in [7, 11) is 1.58. The number of hydrogen-bond donors (Lipinski definition) is 0. The molecule has 0 unspecified atom stereocenters. The van der Waals surface area contributed by atoms with Gasteiger partial charge >= 0.3 is 0 Å². The Kier molecular flexibility index (Phi) is 4.59. The molecule has 0 radical (unpaired) electrons. The molecule has 1 saturated carbocycles. The predicted molar refractivity (Wildman–Crippen MR) is 85.7 cm³/mol. The van der Waals surface area contributed by atoms with Gasteiger partial charge in [0.2, 0.25) is 0 Å². The number of ether oxygens (including phenoxy) is 2. The Hall–Kier alpha value is -1.26. The van der Waals surface area contributed by atoms with Crippen LogP contribution in [0.2, 0.25) is 5.02 Å². The first-order chi connectivity index (χ1) is 10.7. The van der Waals surface area contributed by atoms with Gasteiger partial charge in [0.25, 0.3) is 5.91 Å². The zero-order valence-electron chi connectivity index (χ0n) is 12.9. The van der Waals surface area contributed by atoms with Gasteiger partial charge in [0.1, 0.15) is 5.75 Å². The number of hydrogen-bond acceptors (Lipinski definition) is 3. The molecule has 22 heavy (non-hydrogen) atoms. The standard InChI is InChI=1S/C17H22ClNO3/c1-21-15-6-5-13(18)11-14(15)16(20)19-9-10-22-12-17(19)7-3-2-4-8-17/h5-6,11H,2-4,7-10,12H2,1H3. The van der Waals surface area contributed by atoms with E-state index in [9.17, 15) is 4.79 Å². The van der Waals surface area contributed by atoms with Crippen molar-refractivity contribution in [1.29, 1.82) is 0 Å². The van der Waals surface area contributed by atoms with E-state index >= 15 is 0 Å². The van der Waals surface area contributed by atoms with Crippen LogP contribution in [-0.2, 0) is 4.74 Å². The normalized spacial score (nSPS) is 20.9. The van der Waals surface area contributed by atoms with Crippen LogP contribution in [0.25, 0.3) is 0 Å². The fraction of sp³-hybridized carbons (Fsp3) is 0.588. The van der Waals surface area contributed by atoms with Crippen LogP contribution in [0, 0.1) is 0 Å². The number of benzene rings is 1. The van der Waals surface area contributed by atoms with Crippen molar-refractivity contribution in [3.05, 3.63) is 28.8 Å². The summed E-state index contributed by atoms with van der Waals surface area (Å²) < 4.78 is 11.1. The second kappa shape index (κ2) is 6.47. The molecule has 0 N–H and O–H groups in total. The van der Waals surface area contributed by atoms with E-state index in [1.165, 1.54) is 6.42 Å². The van der Waals surface area contributed by atoms with Crippen LogP contribution in [0.1, 0.15) is 42.5 Å². The van der Waals surface area contributed by atoms with E-state index in [2.05, 4.69) is 0 Å². The Bertz CT molecular complexity index is 547. The first kappa shape index (κ1) is 15.6. The van der Waals surface area contributed by atoms with Crippen LogP contribution in [0.5, 0.6) is 5.75 Å². The van der Waals surface area contributed by atoms with E-state index in [0.717, 1.165) is 25.7 Å². The van der Waals surface area contributed by atoms with Crippen LogP contribution in [-0.4, -0.2) is 43.2 Å². The molecule has 0 atom stereocenters. The lowest BCUT2D eigenvalue weighted by Gasteiger charge is -2.49. The summed E-state index contributed by atoms with van der Waals surface area (Å²) in [5.74, 6) is 0.580. The lowest BCUT2D eigenvalue weighted by Crippen LogP contribution is -2.59. The number of methoxy groups -OCH3 is 1. The summed E-state index contributed by atoms with van der Waals surface area (Å²) in [6, 6.07) is 5.20. The maximum atomic E-state index is 13.1. The number of morpholine rings is 1. The highest BCUT2D eigenvalue weighted by molar-refractivity contribution is 6.31. The molecule has 1 aromatic carbocycles. The molecule has 3 rings (SSSR count). The van der Waals surface area contributed by atoms with Gasteiger partial charge in [-0.1, -0.05) is 30.9 Å². The Morgan fingerprint density at radius 3 is 2.82 bits per heavy atom. The Morgan fingerprint density at radius 1 is 1.32 bits per heavy atom. The molecule has 2 fully saturated rings. The van der Waals surface area contributed by atoms with Crippen LogP contribution >= 0.6 is 11.6 Å². The van der Waals surface area contributed by atoms with Crippen LogP contribution in [0.4, 0.5) is 0 Å². The lowest BCUT2D eigenvalue weighted by atomic mass is 9.79. The quantitative estimate of drug-likeness (QED) is 0.836. The van der Waals surface area contributed by atoms with Crippen LogP contribution < -0.4 is 4.74 Å². The van der Waals surface area contributed by atoms with Gasteiger partial charge in [-0.25, -0.2) is 0 Å². The number of rotatable bonds is 2. The molecule has 0 aromatic heterocycles. The molecule has 5 heteroatoms. The molecule has 1 amide bonds. The maximum Gasteiger partial charge on any atom is 0.258 e. The molecule has 1 aliphatic carbocycles. The van der Waals surface area contributed by atoms with E-state index in [1.54, 1.807) is 25.3 Å². The van der Waals surface area contributed by atoms with E-state index in [1.807, 2.05) is 4.90 Å².